The van der Waals surface area contributed by atoms with Gasteiger partial charge in [-0.05, 0) is 31.0 Å². The van der Waals surface area contributed by atoms with Gasteiger partial charge in [0.25, 0.3) is 0 Å². The molecule has 0 spiro atoms. The van der Waals surface area contributed by atoms with Gasteiger partial charge in [0, 0.05) is 32.7 Å². The van der Waals surface area contributed by atoms with Gasteiger partial charge in [-0.2, -0.15) is 0 Å². The highest BCUT2D eigenvalue weighted by atomic mass is 127. The highest BCUT2D eigenvalue weighted by molar-refractivity contribution is 14.0. The molecule has 1 fully saturated rings. The Labute approximate surface area is 172 Å². The third-order valence-corrected chi connectivity index (χ3v) is 5.67. The lowest BCUT2D eigenvalue weighted by Gasteiger charge is -2.25. The predicted molar refractivity (Wildman–Crippen MR) is 115 cm³/mol. The van der Waals surface area contributed by atoms with Crippen molar-refractivity contribution in [3.8, 4) is 0 Å². The van der Waals surface area contributed by atoms with Crippen LogP contribution < -0.4 is 10.6 Å². The first-order valence-electron chi connectivity index (χ1n) is 8.68. The Bertz CT molecular complexity index is 671. The molecule has 0 aliphatic carbocycles. The second-order valence-electron chi connectivity index (χ2n) is 6.06. The number of rotatable bonds is 7. The molecule has 0 bridgehead atoms. The Hall–Kier alpha value is -0.940. The van der Waals surface area contributed by atoms with Gasteiger partial charge < -0.3 is 10.6 Å². The summed E-state index contributed by atoms with van der Waals surface area (Å²) in [7, 11) is -2.84. The quantitative estimate of drug-likeness (QED) is 0.337. The molecule has 0 aromatic heterocycles. The molecule has 0 radical (unpaired) electrons. The molecule has 2 N–H and O–H groups in total. The fraction of sp³-hybridized carbons (Fsp3) is 0.588. The van der Waals surface area contributed by atoms with Gasteiger partial charge in [0.1, 0.15) is 5.82 Å². The van der Waals surface area contributed by atoms with E-state index in [1.807, 2.05) is 13.0 Å². The number of halogens is 2. The summed E-state index contributed by atoms with van der Waals surface area (Å²) in [5.41, 5.74) is 0.942. The Kier molecular flexibility index (Phi) is 10.4. The molecule has 1 aliphatic rings. The molecule has 2 rings (SSSR count). The summed E-state index contributed by atoms with van der Waals surface area (Å²) in [5, 5.41) is 6.42. The van der Waals surface area contributed by atoms with E-state index in [9.17, 15) is 12.8 Å². The molecule has 9 heteroatoms. The number of hydrogen-bond acceptors (Lipinski definition) is 4. The first kappa shape index (κ1) is 23.1. The van der Waals surface area contributed by atoms with E-state index in [0.29, 0.717) is 32.6 Å². The summed E-state index contributed by atoms with van der Waals surface area (Å²) in [6, 6.07) is 6.59. The Morgan fingerprint density at radius 2 is 2.00 bits per heavy atom. The van der Waals surface area contributed by atoms with Crippen molar-refractivity contribution < 1.29 is 12.8 Å². The fourth-order valence-electron chi connectivity index (χ4n) is 2.64. The SMILES string of the molecule is CCNC(=NCCN1CCS(=O)(=O)CC1)NCCc1cccc(F)c1.I. The normalized spacial score (nSPS) is 17.4. The van der Waals surface area contributed by atoms with Crippen molar-refractivity contribution in [2.45, 2.75) is 13.3 Å². The largest absolute Gasteiger partial charge is 0.357 e. The number of nitrogens with zero attached hydrogens (tertiary/aromatic N) is 2. The summed E-state index contributed by atoms with van der Waals surface area (Å²) in [5.74, 6) is 0.982. The van der Waals surface area contributed by atoms with Crippen LogP contribution in [0.2, 0.25) is 0 Å². The molecule has 1 aromatic rings. The maximum atomic E-state index is 13.2. The zero-order valence-corrected chi connectivity index (χ0v) is 18.2. The summed E-state index contributed by atoms with van der Waals surface area (Å²) < 4.78 is 36.0. The summed E-state index contributed by atoms with van der Waals surface area (Å²) in [6.07, 6.45) is 0.714. The Morgan fingerprint density at radius 3 is 2.65 bits per heavy atom. The number of nitrogens with one attached hydrogen (secondary N) is 2. The highest BCUT2D eigenvalue weighted by Crippen LogP contribution is 2.04. The van der Waals surface area contributed by atoms with E-state index >= 15 is 0 Å². The van der Waals surface area contributed by atoms with Crippen LogP contribution in [0.15, 0.2) is 29.3 Å². The number of sulfone groups is 1. The lowest BCUT2D eigenvalue weighted by molar-refractivity contribution is 0.304. The van der Waals surface area contributed by atoms with Gasteiger partial charge in [-0.3, -0.25) is 9.89 Å². The van der Waals surface area contributed by atoms with Crippen LogP contribution in [-0.4, -0.2) is 70.1 Å². The maximum Gasteiger partial charge on any atom is 0.191 e. The minimum Gasteiger partial charge on any atom is -0.357 e. The summed E-state index contributed by atoms with van der Waals surface area (Å²) >= 11 is 0. The molecule has 26 heavy (non-hydrogen) atoms. The first-order chi connectivity index (χ1) is 12.0. The molecule has 148 valence electrons. The lowest BCUT2D eigenvalue weighted by Crippen LogP contribution is -2.42. The molecule has 1 aromatic carbocycles. The molecule has 1 aliphatic heterocycles. The summed E-state index contributed by atoms with van der Waals surface area (Å²) in [6.45, 7) is 5.94. The minimum atomic E-state index is -2.84. The van der Waals surface area contributed by atoms with E-state index in [2.05, 4.69) is 20.5 Å². The molecule has 0 saturated carbocycles. The number of hydrogen-bond donors (Lipinski definition) is 2. The smallest absolute Gasteiger partial charge is 0.191 e. The van der Waals surface area contributed by atoms with Crippen LogP contribution in [0.1, 0.15) is 12.5 Å². The second kappa shape index (κ2) is 11.7. The number of benzene rings is 1. The molecule has 6 nitrogen and oxygen atoms in total. The first-order valence-corrected chi connectivity index (χ1v) is 10.5. The van der Waals surface area contributed by atoms with Gasteiger partial charge in [-0.1, -0.05) is 12.1 Å². The van der Waals surface area contributed by atoms with Crippen molar-refractivity contribution in [3.63, 3.8) is 0 Å². The van der Waals surface area contributed by atoms with E-state index in [4.69, 9.17) is 0 Å². The average Bonchev–Trinajstić information content (AvgIpc) is 2.56. The molecular formula is C17H28FIN4O2S. The fourth-order valence-corrected chi connectivity index (χ4v) is 3.91. The van der Waals surface area contributed by atoms with Crippen LogP contribution in [0, 0.1) is 5.82 Å². The van der Waals surface area contributed by atoms with Gasteiger partial charge in [-0.25, -0.2) is 12.8 Å². The van der Waals surface area contributed by atoms with Crippen molar-refractivity contribution in [1.29, 1.82) is 0 Å². The van der Waals surface area contributed by atoms with Gasteiger partial charge in [-0.15, -0.1) is 24.0 Å². The third-order valence-electron chi connectivity index (χ3n) is 4.06. The van der Waals surface area contributed by atoms with Crippen molar-refractivity contribution in [1.82, 2.24) is 15.5 Å². The molecule has 1 saturated heterocycles. The van der Waals surface area contributed by atoms with E-state index in [1.165, 1.54) is 12.1 Å². The molecule has 0 unspecified atom stereocenters. The number of guanidine groups is 1. The van der Waals surface area contributed by atoms with E-state index in [-0.39, 0.29) is 41.3 Å². The van der Waals surface area contributed by atoms with Crippen LogP contribution in [-0.2, 0) is 16.3 Å². The standard InChI is InChI=1S/C17H27FN4O2S.HI/c1-2-19-17(20-7-6-15-4-3-5-16(18)14-15)21-8-9-22-10-12-25(23,24)13-11-22;/h3-5,14H,2,6-13H2,1H3,(H2,19,20,21);1H. The zero-order valence-electron chi connectivity index (χ0n) is 15.1. The maximum absolute atomic E-state index is 13.2. The molecule has 0 amide bonds. The van der Waals surface area contributed by atoms with E-state index < -0.39 is 9.84 Å². The average molecular weight is 498 g/mol. The monoisotopic (exact) mass is 498 g/mol. The van der Waals surface area contributed by atoms with Crippen LogP contribution in [0.3, 0.4) is 0 Å². The Morgan fingerprint density at radius 1 is 1.27 bits per heavy atom. The Balaban J connectivity index is 0.00000338. The van der Waals surface area contributed by atoms with E-state index in [1.54, 1.807) is 6.07 Å². The number of aliphatic imine (C=N–C) groups is 1. The zero-order chi connectivity index (χ0) is 18.1. The second-order valence-corrected chi connectivity index (χ2v) is 8.36. The lowest BCUT2D eigenvalue weighted by atomic mass is 10.1. The van der Waals surface area contributed by atoms with Crippen molar-refractivity contribution >= 4 is 39.8 Å². The van der Waals surface area contributed by atoms with Crippen LogP contribution in [0.25, 0.3) is 0 Å². The van der Waals surface area contributed by atoms with Gasteiger partial charge >= 0.3 is 0 Å². The van der Waals surface area contributed by atoms with Crippen molar-refractivity contribution in [2.24, 2.45) is 4.99 Å². The van der Waals surface area contributed by atoms with Gasteiger partial charge in [0.05, 0.1) is 18.1 Å². The predicted octanol–water partition coefficient (Wildman–Crippen LogP) is 1.27. The molecule has 1 heterocycles. The summed E-state index contributed by atoms with van der Waals surface area (Å²) in [4.78, 5) is 6.65. The highest BCUT2D eigenvalue weighted by Gasteiger charge is 2.20. The third kappa shape index (κ3) is 8.63. The van der Waals surface area contributed by atoms with Crippen LogP contribution >= 0.6 is 24.0 Å². The van der Waals surface area contributed by atoms with Gasteiger partial charge in [0.15, 0.2) is 15.8 Å². The van der Waals surface area contributed by atoms with Crippen molar-refractivity contribution in [2.75, 3.05) is 50.8 Å². The van der Waals surface area contributed by atoms with Crippen molar-refractivity contribution in [3.05, 3.63) is 35.6 Å². The van der Waals surface area contributed by atoms with Crippen LogP contribution in [0.5, 0.6) is 0 Å². The molecular weight excluding hydrogens is 470 g/mol. The van der Waals surface area contributed by atoms with Crippen LogP contribution in [0.4, 0.5) is 4.39 Å². The molecule has 0 atom stereocenters. The van der Waals surface area contributed by atoms with Gasteiger partial charge in [0.2, 0.25) is 0 Å². The minimum absolute atomic E-state index is 0. The topological polar surface area (TPSA) is 73.8 Å². The van der Waals surface area contributed by atoms with E-state index in [0.717, 1.165) is 24.6 Å².